The monoisotopic (exact) mass is 196 g/mol. The average molecular weight is 196 g/mol. The normalized spacial score (nSPS) is 21.6. The Morgan fingerprint density at radius 1 is 1.36 bits per heavy atom. The van der Waals surface area contributed by atoms with Crippen molar-refractivity contribution in [2.45, 2.75) is 27.1 Å². The van der Waals surface area contributed by atoms with E-state index in [-0.39, 0.29) is 11.7 Å². The van der Waals surface area contributed by atoms with Crippen molar-refractivity contribution < 1.29 is 9.47 Å². The molecule has 0 radical (unpaired) electrons. The number of hydrogen-bond acceptors (Lipinski definition) is 2. The van der Waals surface area contributed by atoms with Crippen LogP contribution in [0, 0.1) is 11.3 Å². The van der Waals surface area contributed by atoms with Gasteiger partial charge < -0.3 is 9.47 Å². The molecule has 0 saturated carbocycles. The highest BCUT2D eigenvalue weighted by molar-refractivity contribution is 4.94. The minimum Gasteiger partial charge on any atom is -0.348 e. The maximum Gasteiger partial charge on any atom is 0.161 e. The molecule has 0 aromatic rings. The number of allylic oxidation sites excluding steroid dienone is 1. The van der Waals surface area contributed by atoms with E-state index in [2.05, 4.69) is 27.4 Å². The van der Waals surface area contributed by atoms with Gasteiger partial charge in [0, 0.05) is 5.92 Å². The molecule has 1 unspecified atom stereocenters. The largest absolute Gasteiger partial charge is 0.348 e. The molecule has 0 fully saturated rings. The Morgan fingerprint density at radius 3 is 2.29 bits per heavy atom. The molecule has 1 aliphatic heterocycles. The summed E-state index contributed by atoms with van der Waals surface area (Å²) in [5.41, 5.74) is 0.0367. The Bertz CT molecular complexity index is 208. The van der Waals surface area contributed by atoms with Gasteiger partial charge in [0.05, 0.1) is 13.2 Å². The molecule has 0 N–H and O–H groups in total. The van der Waals surface area contributed by atoms with Gasteiger partial charge in [0.25, 0.3) is 0 Å². The molecule has 0 aromatic carbocycles. The number of ether oxygens (including phenoxy) is 2. The third-order valence-electron chi connectivity index (χ3n) is 2.99. The first-order chi connectivity index (χ1) is 6.58. The molecule has 1 atom stereocenters. The fraction of sp³-hybridized carbons (Fsp3) is 0.667. The van der Waals surface area contributed by atoms with E-state index in [1.807, 2.05) is 18.2 Å². The standard InChI is InChI=1S/C12H20O2/c1-5-12(3,4)10(2)11-13-8-6-7-9-14-11/h5-7,10-11H,1,8-9H2,2-4H3. The van der Waals surface area contributed by atoms with Crippen molar-refractivity contribution >= 4 is 0 Å². The average Bonchev–Trinajstić information content (AvgIpc) is 2.44. The second-order valence-electron chi connectivity index (χ2n) is 4.32. The van der Waals surface area contributed by atoms with Crippen LogP contribution in [0.3, 0.4) is 0 Å². The molecule has 0 bridgehead atoms. The summed E-state index contributed by atoms with van der Waals surface area (Å²) in [6.45, 7) is 11.6. The topological polar surface area (TPSA) is 18.5 Å². The smallest absolute Gasteiger partial charge is 0.161 e. The van der Waals surface area contributed by atoms with Gasteiger partial charge in [0.15, 0.2) is 6.29 Å². The van der Waals surface area contributed by atoms with Crippen LogP contribution in [0.1, 0.15) is 20.8 Å². The zero-order valence-corrected chi connectivity index (χ0v) is 9.32. The molecular weight excluding hydrogens is 176 g/mol. The quantitative estimate of drug-likeness (QED) is 0.646. The van der Waals surface area contributed by atoms with Crippen LogP contribution in [-0.2, 0) is 9.47 Å². The lowest BCUT2D eigenvalue weighted by molar-refractivity contribution is -0.166. The lowest BCUT2D eigenvalue weighted by Crippen LogP contribution is -2.34. The minimum absolute atomic E-state index is 0.0367. The lowest BCUT2D eigenvalue weighted by Gasteiger charge is -2.33. The van der Waals surface area contributed by atoms with Gasteiger partial charge in [-0.05, 0) is 5.41 Å². The zero-order valence-electron chi connectivity index (χ0n) is 9.32. The van der Waals surface area contributed by atoms with Gasteiger partial charge in [-0.3, -0.25) is 0 Å². The van der Waals surface area contributed by atoms with Crippen LogP contribution in [0.25, 0.3) is 0 Å². The summed E-state index contributed by atoms with van der Waals surface area (Å²) in [5, 5.41) is 0. The highest BCUT2D eigenvalue weighted by atomic mass is 16.7. The van der Waals surface area contributed by atoms with Gasteiger partial charge in [-0.25, -0.2) is 0 Å². The van der Waals surface area contributed by atoms with E-state index in [1.165, 1.54) is 0 Å². The predicted octanol–water partition coefficient (Wildman–Crippen LogP) is 2.76. The van der Waals surface area contributed by atoms with Crippen molar-refractivity contribution in [3.05, 3.63) is 24.8 Å². The molecule has 0 aromatic heterocycles. The second-order valence-corrected chi connectivity index (χ2v) is 4.32. The molecule has 0 aliphatic carbocycles. The van der Waals surface area contributed by atoms with Gasteiger partial charge in [-0.15, -0.1) is 6.58 Å². The molecule has 1 rings (SSSR count). The molecule has 2 heteroatoms. The first kappa shape index (κ1) is 11.5. The van der Waals surface area contributed by atoms with E-state index in [4.69, 9.17) is 9.47 Å². The van der Waals surface area contributed by atoms with Crippen LogP contribution < -0.4 is 0 Å². The first-order valence-electron chi connectivity index (χ1n) is 5.09. The van der Waals surface area contributed by atoms with Crippen LogP contribution in [0.2, 0.25) is 0 Å². The van der Waals surface area contributed by atoms with Crippen molar-refractivity contribution in [1.29, 1.82) is 0 Å². The van der Waals surface area contributed by atoms with Crippen molar-refractivity contribution in [2.75, 3.05) is 13.2 Å². The Labute approximate surface area is 86.6 Å². The summed E-state index contributed by atoms with van der Waals surface area (Å²) in [6, 6.07) is 0. The highest BCUT2D eigenvalue weighted by Gasteiger charge is 2.31. The van der Waals surface area contributed by atoms with E-state index >= 15 is 0 Å². The van der Waals surface area contributed by atoms with Crippen molar-refractivity contribution in [3.8, 4) is 0 Å². The Kier molecular flexibility index (Phi) is 3.90. The minimum atomic E-state index is -0.127. The number of rotatable bonds is 3. The highest BCUT2D eigenvalue weighted by Crippen LogP contribution is 2.32. The molecule has 0 amide bonds. The predicted molar refractivity (Wildman–Crippen MR) is 58.0 cm³/mol. The van der Waals surface area contributed by atoms with Crippen LogP contribution in [-0.4, -0.2) is 19.5 Å². The Hall–Kier alpha value is -0.600. The third kappa shape index (κ3) is 2.69. The number of hydrogen-bond donors (Lipinski definition) is 0. The maximum absolute atomic E-state index is 5.60. The van der Waals surface area contributed by atoms with Gasteiger partial charge in [0.1, 0.15) is 0 Å². The molecule has 0 saturated heterocycles. The summed E-state index contributed by atoms with van der Waals surface area (Å²) >= 11 is 0. The van der Waals surface area contributed by atoms with Gasteiger partial charge >= 0.3 is 0 Å². The van der Waals surface area contributed by atoms with Gasteiger partial charge in [-0.2, -0.15) is 0 Å². The van der Waals surface area contributed by atoms with E-state index in [0.29, 0.717) is 19.1 Å². The fourth-order valence-corrected chi connectivity index (χ4v) is 1.31. The molecule has 1 heterocycles. The Balaban J connectivity index is 2.59. The zero-order chi connectivity index (χ0) is 10.6. The maximum atomic E-state index is 5.60. The van der Waals surface area contributed by atoms with E-state index in [9.17, 15) is 0 Å². The molecule has 1 aliphatic rings. The van der Waals surface area contributed by atoms with E-state index < -0.39 is 0 Å². The van der Waals surface area contributed by atoms with Crippen molar-refractivity contribution in [2.24, 2.45) is 11.3 Å². The van der Waals surface area contributed by atoms with Crippen LogP contribution in [0.5, 0.6) is 0 Å². The molecule has 14 heavy (non-hydrogen) atoms. The lowest BCUT2D eigenvalue weighted by atomic mass is 9.80. The molecule has 0 spiro atoms. The summed E-state index contributed by atoms with van der Waals surface area (Å²) in [6.07, 6.45) is 5.82. The SMILES string of the molecule is C=CC(C)(C)C(C)C1OCC=CCO1. The van der Waals surface area contributed by atoms with Gasteiger partial charge in [0.2, 0.25) is 0 Å². The van der Waals surface area contributed by atoms with Gasteiger partial charge in [-0.1, -0.05) is 39.0 Å². The van der Waals surface area contributed by atoms with Crippen LogP contribution in [0.4, 0.5) is 0 Å². The van der Waals surface area contributed by atoms with E-state index in [1.54, 1.807) is 0 Å². The van der Waals surface area contributed by atoms with Crippen LogP contribution >= 0.6 is 0 Å². The first-order valence-corrected chi connectivity index (χ1v) is 5.09. The molecular formula is C12H20O2. The fourth-order valence-electron chi connectivity index (χ4n) is 1.31. The Morgan fingerprint density at radius 2 is 1.86 bits per heavy atom. The van der Waals surface area contributed by atoms with E-state index in [0.717, 1.165) is 0 Å². The summed E-state index contributed by atoms with van der Waals surface area (Å²) in [7, 11) is 0. The van der Waals surface area contributed by atoms with Crippen molar-refractivity contribution in [3.63, 3.8) is 0 Å². The third-order valence-corrected chi connectivity index (χ3v) is 2.99. The molecule has 2 nitrogen and oxygen atoms in total. The summed E-state index contributed by atoms with van der Waals surface area (Å²) < 4.78 is 11.2. The summed E-state index contributed by atoms with van der Waals surface area (Å²) in [4.78, 5) is 0. The second kappa shape index (κ2) is 4.76. The van der Waals surface area contributed by atoms with Crippen molar-refractivity contribution in [1.82, 2.24) is 0 Å². The summed E-state index contributed by atoms with van der Waals surface area (Å²) in [5.74, 6) is 0.305. The van der Waals surface area contributed by atoms with Crippen LogP contribution in [0.15, 0.2) is 24.8 Å². The molecule has 80 valence electrons.